The molecule has 2 aromatic rings. The summed E-state index contributed by atoms with van der Waals surface area (Å²) >= 11 is 0. The van der Waals surface area contributed by atoms with Crippen molar-refractivity contribution in [3.63, 3.8) is 0 Å². The number of piperazine rings is 1. The molecule has 2 aliphatic heterocycles. The molecule has 0 aliphatic carbocycles. The fraction of sp³-hybridized carbons (Fsp3) is 0.571. The van der Waals surface area contributed by atoms with E-state index in [4.69, 9.17) is 0 Å². The summed E-state index contributed by atoms with van der Waals surface area (Å²) in [6, 6.07) is 3.96. The third-order valence-electron chi connectivity index (χ3n) is 6.00. The summed E-state index contributed by atoms with van der Waals surface area (Å²) in [5.41, 5.74) is 1.97. The Morgan fingerprint density at radius 3 is 2.33 bits per heavy atom. The second kappa shape index (κ2) is 8.41. The molecule has 0 saturated carbocycles. The first-order chi connectivity index (χ1) is 14.4. The third kappa shape index (κ3) is 4.15. The van der Waals surface area contributed by atoms with E-state index in [9.17, 15) is 9.59 Å². The molecule has 2 fully saturated rings. The number of rotatable bonds is 3. The van der Waals surface area contributed by atoms with Crippen LogP contribution in [0.3, 0.4) is 0 Å². The van der Waals surface area contributed by atoms with Gasteiger partial charge in [0.05, 0.1) is 11.6 Å². The van der Waals surface area contributed by atoms with E-state index in [1.165, 1.54) is 0 Å². The summed E-state index contributed by atoms with van der Waals surface area (Å²) in [6.07, 6.45) is 3.40. The molecule has 0 N–H and O–H groups in total. The molecule has 0 spiro atoms. The number of carbonyl (C=O) groups is 2. The van der Waals surface area contributed by atoms with Crippen LogP contribution in [0.2, 0.25) is 0 Å². The van der Waals surface area contributed by atoms with Crippen molar-refractivity contribution in [1.82, 2.24) is 29.5 Å². The van der Waals surface area contributed by atoms with Crippen molar-refractivity contribution >= 4 is 17.6 Å². The van der Waals surface area contributed by atoms with Crippen LogP contribution in [0, 0.1) is 19.8 Å². The van der Waals surface area contributed by atoms with Crippen molar-refractivity contribution in [3.05, 3.63) is 29.8 Å². The van der Waals surface area contributed by atoms with Gasteiger partial charge in [0.2, 0.25) is 11.8 Å². The number of anilines is 1. The van der Waals surface area contributed by atoms with Gasteiger partial charge in [0, 0.05) is 58.0 Å². The first kappa shape index (κ1) is 20.3. The van der Waals surface area contributed by atoms with Gasteiger partial charge < -0.3 is 14.7 Å². The topological polar surface area (TPSA) is 87.5 Å². The fourth-order valence-corrected chi connectivity index (χ4v) is 4.37. The van der Waals surface area contributed by atoms with Gasteiger partial charge in [-0.15, -0.1) is 0 Å². The van der Waals surface area contributed by atoms with Gasteiger partial charge in [-0.3, -0.25) is 9.59 Å². The number of hydrogen-bond acceptors (Lipinski definition) is 6. The highest BCUT2D eigenvalue weighted by atomic mass is 16.2. The predicted molar refractivity (Wildman–Crippen MR) is 112 cm³/mol. The highest BCUT2D eigenvalue weighted by Gasteiger charge is 2.32. The zero-order valence-electron chi connectivity index (χ0n) is 17.9. The van der Waals surface area contributed by atoms with E-state index >= 15 is 0 Å². The molecule has 30 heavy (non-hydrogen) atoms. The average molecular weight is 412 g/mol. The first-order valence-electron chi connectivity index (χ1n) is 10.6. The summed E-state index contributed by atoms with van der Waals surface area (Å²) in [6.45, 7) is 9.54. The van der Waals surface area contributed by atoms with Crippen molar-refractivity contribution in [2.45, 2.75) is 33.6 Å². The molecule has 0 radical (unpaired) electrons. The van der Waals surface area contributed by atoms with Gasteiger partial charge in [-0.2, -0.15) is 5.10 Å². The van der Waals surface area contributed by atoms with Crippen LogP contribution < -0.4 is 4.90 Å². The summed E-state index contributed by atoms with van der Waals surface area (Å²) in [7, 11) is 0. The Kier molecular flexibility index (Phi) is 5.69. The van der Waals surface area contributed by atoms with Crippen molar-refractivity contribution in [1.29, 1.82) is 0 Å². The van der Waals surface area contributed by atoms with Crippen LogP contribution in [0.5, 0.6) is 0 Å². The van der Waals surface area contributed by atoms with Crippen LogP contribution in [0.25, 0.3) is 5.82 Å². The van der Waals surface area contributed by atoms with E-state index in [1.807, 2.05) is 35.6 Å². The Morgan fingerprint density at radius 2 is 1.67 bits per heavy atom. The van der Waals surface area contributed by atoms with Crippen molar-refractivity contribution in [3.8, 4) is 5.82 Å². The molecule has 160 valence electrons. The SMILES string of the molecule is CC(=O)N1CCN(C(=O)C2CCCN(c3cc(-n4nc(C)cc4C)ncn3)C2)CC1. The van der Waals surface area contributed by atoms with Crippen LogP contribution in [-0.2, 0) is 9.59 Å². The lowest BCUT2D eigenvalue weighted by atomic mass is 9.96. The van der Waals surface area contributed by atoms with Crippen LogP contribution in [0.1, 0.15) is 31.2 Å². The molecular weight excluding hydrogens is 382 g/mol. The average Bonchev–Trinajstić information content (AvgIpc) is 3.11. The molecule has 0 aromatic carbocycles. The molecular formula is C21H29N7O2. The highest BCUT2D eigenvalue weighted by Crippen LogP contribution is 2.24. The van der Waals surface area contributed by atoms with Gasteiger partial charge in [-0.25, -0.2) is 14.6 Å². The molecule has 2 aromatic heterocycles. The van der Waals surface area contributed by atoms with E-state index in [0.717, 1.165) is 42.4 Å². The Hall–Kier alpha value is -2.97. The van der Waals surface area contributed by atoms with Crippen molar-refractivity contribution in [2.24, 2.45) is 5.92 Å². The van der Waals surface area contributed by atoms with Gasteiger partial charge in [-0.1, -0.05) is 0 Å². The van der Waals surface area contributed by atoms with Gasteiger partial charge in [0.15, 0.2) is 5.82 Å². The van der Waals surface area contributed by atoms with Gasteiger partial charge in [-0.05, 0) is 32.8 Å². The summed E-state index contributed by atoms with van der Waals surface area (Å²) in [5, 5.41) is 4.51. The number of aryl methyl sites for hydroxylation is 2. The maximum absolute atomic E-state index is 13.1. The Morgan fingerprint density at radius 1 is 0.967 bits per heavy atom. The summed E-state index contributed by atoms with van der Waals surface area (Å²) in [4.78, 5) is 39.4. The summed E-state index contributed by atoms with van der Waals surface area (Å²) < 4.78 is 1.82. The molecule has 4 rings (SSSR count). The van der Waals surface area contributed by atoms with Crippen LogP contribution in [-0.4, -0.2) is 80.6 Å². The number of amides is 2. The maximum Gasteiger partial charge on any atom is 0.227 e. The third-order valence-corrected chi connectivity index (χ3v) is 6.00. The Labute approximate surface area is 176 Å². The molecule has 9 heteroatoms. The lowest BCUT2D eigenvalue weighted by Crippen LogP contribution is -2.53. The van der Waals surface area contributed by atoms with Gasteiger partial charge in [0.1, 0.15) is 12.1 Å². The standard InChI is InChI=1S/C21H29N7O2/c1-15-11-16(2)28(24-15)20-12-19(22-14-23-20)27-6-4-5-18(13-27)21(30)26-9-7-25(8-10-26)17(3)29/h11-12,14,18H,4-10,13H2,1-3H3. The highest BCUT2D eigenvalue weighted by molar-refractivity contribution is 5.80. The number of carbonyl (C=O) groups excluding carboxylic acids is 2. The molecule has 9 nitrogen and oxygen atoms in total. The minimum atomic E-state index is -0.0465. The zero-order chi connectivity index (χ0) is 21.3. The van der Waals surface area contributed by atoms with Crippen LogP contribution >= 0.6 is 0 Å². The van der Waals surface area contributed by atoms with Crippen LogP contribution in [0.15, 0.2) is 18.5 Å². The monoisotopic (exact) mass is 411 g/mol. The number of hydrogen-bond donors (Lipinski definition) is 0. The van der Waals surface area contributed by atoms with E-state index < -0.39 is 0 Å². The molecule has 2 aliphatic rings. The lowest BCUT2D eigenvalue weighted by Gasteiger charge is -2.39. The molecule has 2 amide bonds. The van der Waals surface area contributed by atoms with E-state index in [2.05, 4.69) is 20.0 Å². The molecule has 1 atom stereocenters. The summed E-state index contributed by atoms with van der Waals surface area (Å²) in [5.74, 6) is 1.78. The lowest BCUT2D eigenvalue weighted by molar-refractivity contribution is -0.141. The fourth-order valence-electron chi connectivity index (χ4n) is 4.37. The smallest absolute Gasteiger partial charge is 0.227 e. The molecule has 2 saturated heterocycles. The molecule has 0 bridgehead atoms. The normalized spacial score (nSPS) is 19.8. The maximum atomic E-state index is 13.1. The van der Waals surface area contributed by atoms with E-state index in [1.54, 1.807) is 18.2 Å². The van der Waals surface area contributed by atoms with E-state index in [0.29, 0.717) is 32.7 Å². The quantitative estimate of drug-likeness (QED) is 0.754. The second-order valence-electron chi connectivity index (χ2n) is 8.19. The Balaban J connectivity index is 1.44. The largest absolute Gasteiger partial charge is 0.356 e. The van der Waals surface area contributed by atoms with E-state index in [-0.39, 0.29) is 17.7 Å². The van der Waals surface area contributed by atoms with Gasteiger partial charge >= 0.3 is 0 Å². The second-order valence-corrected chi connectivity index (χ2v) is 8.19. The first-order valence-corrected chi connectivity index (χ1v) is 10.6. The van der Waals surface area contributed by atoms with Crippen molar-refractivity contribution in [2.75, 3.05) is 44.2 Å². The number of piperidine rings is 1. The van der Waals surface area contributed by atoms with Gasteiger partial charge in [0.25, 0.3) is 0 Å². The minimum absolute atomic E-state index is 0.0465. The Bertz CT molecular complexity index is 933. The number of nitrogens with zero attached hydrogens (tertiary/aromatic N) is 7. The minimum Gasteiger partial charge on any atom is -0.356 e. The van der Waals surface area contributed by atoms with Crippen LogP contribution in [0.4, 0.5) is 5.82 Å². The number of aromatic nitrogens is 4. The van der Waals surface area contributed by atoms with Crippen molar-refractivity contribution < 1.29 is 9.59 Å². The molecule has 4 heterocycles. The predicted octanol–water partition coefficient (Wildman–Crippen LogP) is 1.19. The zero-order valence-corrected chi connectivity index (χ0v) is 17.9. The molecule has 1 unspecified atom stereocenters.